The maximum absolute atomic E-state index is 12.6. The summed E-state index contributed by atoms with van der Waals surface area (Å²) < 4.78 is 1.53. The molecule has 1 N–H and O–H groups in total. The van der Waals surface area contributed by atoms with E-state index in [0.717, 1.165) is 11.1 Å². The van der Waals surface area contributed by atoms with E-state index in [-0.39, 0.29) is 11.5 Å². The predicted molar refractivity (Wildman–Crippen MR) is 106 cm³/mol. The van der Waals surface area contributed by atoms with Crippen LogP contribution in [0.4, 0.5) is 0 Å². The van der Waals surface area contributed by atoms with E-state index in [0.29, 0.717) is 11.2 Å². The van der Waals surface area contributed by atoms with Crippen LogP contribution in [0, 0.1) is 0 Å². The lowest BCUT2D eigenvalue weighted by atomic mass is 10.1. The third-order valence-electron chi connectivity index (χ3n) is 4.33. The molecule has 0 unspecified atom stereocenters. The maximum Gasteiger partial charge on any atom is 0.276 e. The van der Waals surface area contributed by atoms with Gasteiger partial charge in [0.15, 0.2) is 5.65 Å². The van der Waals surface area contributed by atoms with Crippen LogP contribution < -0.4 is 5.56 Å². The van der Waals surface area contributed by atoms with E-state index in [1.54, 1.807) is 18.0 Å². The van der Waals surface area contributed by atoms with Crippen molar-refractivity contribution in [3.63, 3.8) is 0 Å². The van der Waals surface area contributed by atoms with Crippen LogP contribution in [0.3, 0.4) is 0 Å². The second kappa shape index (κ2) is 6.84. The fourth-order valence-corrected chi connectivity index (χ4v) is 3.75. The quantitative estimate of drug-likeness (QED) is 0.559. The van der Waals surface area contributed by atoms with Gasteiger partial charge in [-0.3, -0.25) is 9.89 Å². The zero-order valence-electron chi connectivity index (χ0n) is 14.6. The van der Waals surface area contributed by atoms with Crippen LogP contribution in [-0.2, 0) is 0 Å². The second-order valence-corrected chi connectivity index (χ2v) is 7.61. The smallest absolute Gasteiger partial charge is 0.276 e. The molecule has 0 fully saturated rings. The van der Waals surface area contributed by atoms with Crippen molar-refractivity contribution < 1.29 is 0 Å². The lowest BCUT2D eigenvalue weighted by molar-refractivity contribution is 0.794. The monoisotopic (exact) mass is 361 g/mol. The van der Waals surface area contributed by atoms with Crippen molar-refractivity contribution >= 4 is 17.4 Å². The highest BCUT2D eigenvalue weighted by Crippen LogP contribution is 2.30. The summed E-state index contributed by atoms with van der Waals surface area (Å²) in [6.45, 7) is 4.00. The molecule has 0 aliphatic carbocycles. The average molecular weight is 361 g/mol. The number of rotatable bonds is 4. The Morgan fingerprint density at radius 2 is 1.69 bits per heavy atom. The number of nitrogens with one attached hydrogen (secondary N) is 1. The Morgan fingerprint density at radius 1 is 1.00 bits per heavy atom. The van der Waals surface area contributed by atoms with Crippen molar-refractivity contribution in [1.82, 2.24) is 14.6 Å². The Morgan fingerprint density at radius 3 is 2.38 bits per heavy atom. The van der Waals surface area contributed by atoms with E-state index in [9.17, 15) is 4.79 Å². The zero-order valence-corrected chi connectivity index (χ0v) is 15.5. The van der Waals surface area contributed by atoms with Gasteiger partial charge in [-0.05, 0) is 35.7 Å². The van der Waals surface area contributed by atoms with Gasteiger partial charge in [-0.2, -0.15) is 0 Å². The summed E-state index contributed by atoms with van der Waals surface area (Å²) in [6.07, 6.45) is 3.53. The van der Waals surface area contributed by atoms with Crippen LogP contribution in [0.5, 0.6) is 0 Å². The van der Waals surface area contributed by atoms with Gasteiger partial charge in [-0.1, -0.05) is 55.9 Å². The number of hydrogen-bond acceptors (Lipinski definition) is 3. The molecule has 0 spiro atoms. The Balaban J connectivity index is 1.68. The van der Waals surface area contributed by atoms with Crippen molar-refractivity contribution in [2.75, 3.05) is 0 Å². The topological polar surface area (TPSA) is 50.2 Å². The van der Waals surface area contributed by atoms with Crippen LogP contribution >= 0.6 is 11.8 Å². The summed E-state index contributed by atoms with van der Waals surface area (Å²) in [7, 11) is 0. The first-order chi connectivity index (χ1) is 12.6. The fourth-order valence-electron chi connectivity index (χ4n) is 2.91. The van der Waals surface area contributed by atoms with Crippen LogP contribution in [-0.4, -0.2) is 14.6 Å². The third-order valence-corrected chi connectivity index (χ3v) is 5.35. The fraction of sp³-hybridized carbons (Fsp3) is 0.143. The molecule has 4 aromatic rings. The van der Waals surface area contributed by atoms with Crippen molar-refractivity contribution in [3.05, 3.63) is 82.9 Å². The largest absolute Gasteiger partial charge is 0.296 e. The lowest BCUT2D eigenvalue weighted by Gasteiger charge is -2.05. The minimum atomic E-state index is -0.0347. The molecule has 5 heteroatoms. The molecular weight excluding hydrogens is 342 g/mol. The predicted octanol–water partition coefficient (Wildman–Crippen LogP) is 4.96. The Bertz CT molecular complexity index is 1100. The Hall–Kier alpha value is -2.79. The molecule has 2 heterocycles. The summed E-state index contributed by atoms with van der Waals surface area (Å²) in [5, 5.41) is 3.04. The standard InChI is InChI=1S/C21H19N3OS/c1-14(2)18-12-22-20-19(13-23-24(20)21(18)25)15-8-10-17(11-9-15)26-16-6-4-3-5-7-16/h3-14,23H,1-2H3. The molecule has 0 amide bonds. The van der Waals surface area contributed by atoms with Crippen molar-refractivity contribution in [2.45, 2.75) is 29.6 Å². The van der Waals surface area contributed by atoms with Gasteiger partial charge in [0.25, 0.3) is 5.56 Å². The molecule has 2 aromatic heterocycles. The van der Waals surface area contributed by atoms with Crippen molar-refractivity contribution in [3.8, 4) is 11.1 Å². The highest BCUT2D eigenvalue weighted by Gasteiger charge is 2.13. The minimum absolute atomic E-state index is 0.0347. The molecule has 0 aliphatic heterocycles. The van der Waals surface area contributed by atoms with E-state index in [1.165, 1.54) is 14.3 Å². The number of H-pyrrole nitrogens is 1. The third kappa shape index (κ3) is 3.06. The molecule has 4 nitrogen and oxygen atoms in total. The summed E-state index contributed by atoms with van der Waals surface area (Å²) in [4.78, 5) is 19.5. The zero-order chi connectivity index (χ0) is 18.1. The lowest BCUT2D eigenvalue weighted by Crippen LogP contribution is -2.20. The average Bonchev–Trinajstić information content (AvgIpc) is 3.08. The van der Waals surface area contributed by atoms with Gasteiger partial charge in [-0.15, -0.1) is 0 Å². The van der Waals surface area contributed by atoms with E-state index >= 15 is 0 Å². The van der Waals surface area contributed by atoms with E-state index < -0.39 is 0 Å². The van der Waals surface area contributed by atoms with Gasteiger partial charge in [-0.25, -0.2) is 9.50 Å². The summed E-state index contributed by atoms with van der Waals surface area (Å²) in [5.41, 5.74) is 3.29. The first kappa shape index (κ1) is 16.7. The number of fused-ring (bicyclic) bond motifs is 1. The number of aromatic amines is 1. The van der Waals surface area contributed by atoms with Gasteiger partial charge < -0.3 is 0 Å². The molecule has 2 aromatic carbocycles. The van der Waals surface area contributed by atoms with Gasteiger partial charge in [0.1, 0.15) is 0 Å². The molecule has 4 rings (SSSR count). The van der Waals surface area contributed by atoms with Gasteiger partial charge in [0.05, 0.1) is 0 Å². The summed E-state index contributed by atoms with van der Waals surface area (Å²) >= 11 is 1.73. The van der Waals surface area contributed by atoms with E-state index in [1.807, 2.05) is 38.2 Å². The molecule has 0 bridgehead atoms. The van der Waals surface area contributed by atoms with Crippen molar-refractivity contribution in [2.24, 2.45) is 0 Å². The van der Waals surface area contributed by atoms with E-state index in [2.05, 4.69) is 46.5 Å². The summed E-state index contributed by atoms with van der Waals surface area (Å²) in [5.74, 6) is 0.146. The SMILES string of the molecule is CC(C)c1cnc2c(-c3ccc(Sc4ccccc4)cc3)c[nH]n2c1=O. The summed E-state index contributed by atoms with van der Waals surface area (Å²) in [6, 6.07) is 18.6. The van der Waals surface area contributed by atoms with Gasteiger partial charge in [0, 0.05) is 33.3 Å². The Kier molecular flexibility index (Phi) is 4.39. The molecule has 0 radical (unpaired) electrons. The highest BCUT2D eigenvalue weighted by atomic mass is 32.2. The van der Waals surface area contributed by atoms with Crippen LogP contribution in [0.15, 0.2) is 81.6 Å². The van der Waals surface area contributed by atoms with Gasteiger partial charge in [0.2, 0.25) is 0 Å². The van der Waals surface area contributed by atoms with Crippen molar-refractivity contribution in [1.29, 1.82) is 0 Å². The highest BCUT2D eigenvalue weighted by molar-refractivity contribution is 7.99. The molecule has 130 valence electrons. The number of benzene rings is 2. The van der Waals surface area contributed by atoms with Crippen LogP contribution in [0.2, 0.25) is 0 Å². The number of hydrogen-bond donors (Lipinski definition) is 1. The first-order valence-electron chi connectivity index (χ1n) is 8.56. The molecule has 0 saturated carbocycles. The molecule has 26 heavy (non-hydrogen) atoms. The maximum atomic E-state index is 12.6. The molecule has 0 saturated heterocycles. The van der Waals surface area contributed by atoms with Crippen LogP contribution in [0.25, 0.3) is 16.8 Å². The van der Waals surface area contributed by atoms with Crippen LogP contribution in [0.1, 0.15) is 25.3 Å². The minimum Gasteiger partial charge on any atom is -0.296 e. The first-order valence-corrected chi connectivity index (χ1v) is 9.37. The number of nitrogens with zero attached hydrogens (tertiary/aromatic N) is 2. The molecule has 0 atom stereocenters. The molecular formula is C21H19N3OS. The second-order valence-electron chi connectivity index (χ2n) is 6.46. The van der Waals surface area contributed by atoms with Gasteiger partial charge >= 0.3 is 0 Å². The van der Waals surface area contributed by atoms with E-state index in [4.69, 9.17) is 0 Å². The Labute approximate surface area is 155 Å². The molecule has 0 aliphatic rings. The normalized spacial score (nSPS) is 11.3. The number of aromatic nitrogens is 3.